The maximum Gasteiger partial charge on any atom is 0.185 e. The molecule has 0 aliphatic heterocycles. The Morgan fingerprint density at radius 3 is 1.60 bits per heavy atom. The van der Waals surface area contributed by atoms with Crippen LogP contribution in [0.2, 0.25) is 0 Å². The molecular formula is C36H54O3S. The zero-order chi connectivity index (χ0) is 30.0. The van der Waals surface area contributed by atoms with Gasteiger partial charge in [0.15, 0.2) is 9.84 Å². The predicted molar refractivity (Wildman–Crippen MR) is 174 cm³/mol. The SMILES string of the molecule is CC(C)=CCCC(C)=CCCC(C)=CC(CC(C)=CCCC(C)=CCCC(C)=CCO)S(=O)(=O)c1ccccc1. The van der Waals surface area contributed by atoms with Crippen molar-refractivity contribution in [3.63, 3.8) is 0 Å². The van der Waals surface area contributed by atoms with Crippen molar-refractivity contribution < 1.29 is 13.5 Å². The molecule has 0 saturated carbocycles. The summed E-state index contributed by atoms with van der Waals surface area (Å²) in [6.45, 7) is 14.9. The Hall–Kier alpha value is -2.43. The third kappa shape index (κ3) is 15.4. The topological polar surface area (TPSA) is 54.4 Å². The summed E-state index contributed by atoms with van der Waals surface area (Å²) in [6.07, 6.45) is 21.1. The highest BCUT2D eigenvalue weighted by Gasteiger charge is 2.25. The van der Waals surface area contributed by atoms with Gasteiger partial charge in [-0.25, -0.2) is 8.42 Å². The van der Waals surface area contributed by atoms with E-state index in [0.717, 1.165) is 62.5 Å². The molecule has 1 rings (SSSR count). The van der Waals surface area contributed by atoms with E-state index in [-0.39, 0.29) is 6.61 Å². The second-order valence-electron chi connectivity index (χ2n) is 11.4. The highest BCUT2D eigenvalue weighted by molar-refractivity contribution is 7.92. The van der Waals surface area contributed by atoms with Gasteiger partial charge in [0.2, 0.25) is 0 Å². The second-order valence-corrected chi connectivity index (χ2v) is 13.6. The Kier molecular flexibility index (Phi) is 17.5. The molecule has 1 N–H and O–H groups in total. The van der Waals surface area contributed by atoms with Crippen LogP contribution >= 0.6 is 0 Å². The minimum atomic E-state index is -3.49. The lowest BCUT2D eigenvalue weighted by atomic mass is 10.0. The summed E-state index contributed by atoms with van der Waals surface area (Å²) in [5.74, 6) is 0. The Morgan fingerprint density at radius 1 is 0.650 bits per heavy atom. The molecule has 0 heterocycles. The Labute approximate surface area is 246 Å². The normalized spacial score (nSPS) is 14.8. The van der Waals surface area contributed by atoms with Gasteiger partial charge in [0.25, 0.3) is 0 Å². The molecule has 0 aliphatic rings. The molecule has 0 saturated heterocycles. The van der Waals surface area contributed by atoms with Gasteiger partial charge in [-0.3, -0.25) is 0 Å². The van der Waals surface area contributed by atoms with Gasteiger partial charge in [-0.1, -0.05) is 88.1 Å². The van der Waals surface area contributed by atoms with Gasteiger partial charge in [-0.15, -0.1) is 0 Å². The van der Waals surface area contributed by atoms with Crippen LogP contribution in [-0.2, 0) is 9.84 Å². The van der Waals surface area contributed by atoms with Crippen molar-refractivity contribution >= 4 is 9.84 Å². The van der Waals surface area contributed by atoms with Gasteiger partial charge in [0.05, 0.1) is 16.8 Å². The van der Waals surface area contributed by atoms with E-state index in [1.54, 1.807) is 24.3 Å². The summed E-state index contributed by atoms with van der Waals surface area (Å²) in [5.41, 5.74) is 7.52. The average Bonchev–Trinajstić information content (AvgIpc) is 2.88. The van der Waals surface area contributed by atoms with Crippen LogP contribution in [0.15, 0.2) is 105 Å². The summed E-state index contributed by atoms with van der Waals surface area (Å²) in [7, 11) is -3.49. The number of sulfone groups is 1. The summed E-state index contributed by atoms with van der Waals surface area (Å²) >= 11 is 0. The number of allylic oxidation sites excluding steroid dienone is 10. The monoisotopic (exact) mass is 566 g/mol. The molecule has 4 heteroatoms. The van der Waals surface area contributed by atoms with Crippen LogP contribution in [0.3, 0.4) is 0 Å². The number of hydrogen-bond acceptors (Lipinski definition) is 3. The highest BCUT2D eigenvalue weighted by Crippen LogP contribution is 2.25. The first-order valence-corrected chi connectivity index (χ1v) is 16.3. The molecular weight excluding hydrogens is 512 g/mol. The van der Waals surface area contributed by atoms with Crippen LogP contribution in [0.1, 0.15) is 106 Å². The fourth-order valence-corrected chi connectivity index (χ4v) is 6.31. The van der Waals surface area contributed by atoms with Crippen LogP contribution < -0.4 is 0 Å². The number of rotatable bonds is 18. The van der Waals surface area contributed by atoms with E-state index in [1.165, 1.54) is 22.3 Å². The van der Waals surface area contributed by atoms with E-state index in [9.17, 15) is 8.42 Å². The Bertz CT molecular complexity index is 1170. The molecule has 0 fully saturated rings. The third-order valence-electron chi connectivity index (χ3n) is 7.09. The minimum absolute atomic E-state index is 0.0991. The first-order chi connectivity index (χ1) is 18.9. The zero-order valence-corrected chi connectivity index (χ0v) is 27.0. The van der Waals surface area contributed by atoms with E-state index >= 15 is 0 Å². The Morgan fingerprint density at radius 2 is 1.10 bits per heavy atom. The van der Waals surface area contributed by atoms with Crippen molar-refractivity contribution in [2.75, 3.05) is 6.61 Å². The van der Waals surface area contributed by atoms with Crippen molar-refractivity contribution in [3.05, 3.63) is 100 Å². The van der Waals surface area contributed by atoms with Gasteiger partial charge in [-0.2, -0.15) is 0 Å². The number of hydrogen-bond donors (Lipinski definition) is 1. The summed E-state index contributed by atoms with van der Waals surface area (Å²) < 4.78 is 27.3. The zero-order valence-electron chi connectivity index (χ0n) is 26.2. The minimum Gasteiger partial charge on any atom is -0.392 e. The van der Waals surface area contributed by atoms with Gasteiger partial charge in [-0.05, 0) is 118 Å². The van der Waals surface area contributed by atoms with Crippen LogP contribution in [0, 0.1) is 0 Å². The maximum atomic E-state index is 13.6. The lowest BCUT2D eigenvalue weighted by molar-refractivity contribution is 0.341. The largest absolute Gasteiger partial charge is 0.392 e. The molecule has 40 heavy (non-hydrogen) atoms. The van der Waals surface area contributed by atoms with Gasteiger partial charge in [0, 0.05) is 0 Å². The van der Waals surface area contributed by atoms with Gasteiger partial charge in [0.1, 0.15) is 0 Å². The van der Waals surface area contributed by atoms with E-state index in [0.29, 0.717) is 11.3 Å². The number of aliphatic hydroxyl groups excluding tert-OH is 1. The molecule has 0 bridgehead atoms. The maximum absolute atomic E-state index is 13.6. The van der Waals surface area contributed by atoms with Gasteiger partial charge < -0.3 is 5.11 Å². The molecule has 0 aromatic heterocycles. The second kappa shape index (κ2) is 19.6. The fraction of sp³-hybridized carbons (Fsp3) is 0.500. The van der Waals surface area contributed by atoms with Crippen LogP contribution in [0.5, 0.6) is 0 Å². The van der Waals surface area contributed by atoms with Crippen molar-refractivity contribution in [2.24, 2.45) is 0 Å². The van der Waals surface area contributed by atoms with Crippen LogP contribution in [0.4, 0.5) is 0 Å². The van der Waals surface area contributed by atoms with Crippen molar-refractivity contribution in [1.82, 2.24) is 0 Å². The first kappa shape index (κ1) is 35.6. The molecule has 222 valence electrons. The fourth-order valence-electron chi connectivity index (χ4n) is 4.53. The lowest BCUT2D eigenvalue weighted by Gasteiger charge is -2.16. The average molecular weight is 567 g/mol. The van der Waals surface area contributed by atoms with Crippen molar-refractivity contribution in [1.29, 1.82) is 0 Å². The molecule has 0 amide bonds. The third-order valence-corrected chi connectivity index (χ3v) is 9.12. The predicted octanol–water partition coefficient (Wildman–Crippen LogP) is 10.0. The molecule has 1 aromatic carbocycles. The Balaban J connectivity index is 2.91. The molecule has 1 aromatic rings. The number of benzene rings is 1. The standard InChI is InChI=1S/C36H54O3S/c1-29(2)15-11-16-30(3)18-13-21-33(6)27-36(40(38,39)35-23-9-8-10-24-35)28-34(7)22-14-19-31(4)17-12-20-32(5)25-26-37/h8-10,15,17-18,22-25,27,36-37H,11-14,16,19-21,26,28H2,1-7H3. The molecule has 1 atom stereocenters. The van der Waals surface area contributed by atoms with Crippen LogP contribution in [0.25, 0.3) is 0 Å². The van der Waals surface area contributed by atoms with Crippen molar-refractivity contribution in [2.45, 2.75) is 116 Å². The van der Waals surface area contributed by atoms with E-state index < -0.39 is 15.1 Å². The summed E-state index contributed by atoms with van der Waals surface area (Å²) in [5, 5.41) is 8.42. The summed E-state index contributed by atoms with van der Waals surface area (Å²) in [6, 6.07) is 8.85. The number of aliphatic hydroxyl groups is 1. The smallest absolute Gasteiger partial charge is 0.185 e. The van der Waals surface area contributed by atoms with E-state index in [4.69, 9.17) is 5.11 Å². The molecule has 1 unspecified atom stereocenters. The highest BCUT2D eigenvalue weighted by atomic mass is 32.2. The lowest BCUT2D eigenvalue weighted by Crippen LogP contribution is -2.20. The molecule has 0 radical (unpaired) electrons. The molecule has 0 spiro atoms. The summed E-state index contributed by atoms with van der Waals surface area (Å²) in [4.78, 5) is 0.385. The van der Waals surface area contributed by atoms with E-state index in [2.05, 4.69) is 65.8 Å². The quantitative estimate of drug-likeness (QED) is 0.180. The van der Waals surface area contributed by atoms with Gasteiger partial charge >= 0.3 is 0 Å². The first-order valence-electron chi connectivity index (χ1n) is 14.8. The van der Waals surface area contributed by atoms with E-state index in [1.807, 2.05) is 25.1 Å². The molecule has 0 aliphatic carbocycles. The molecule has 3 nitrogen and oxygen atoms in total. The van der Waals surface area contributed by atoms with Crippen molar-refractivity contribution in [3.8, 4) is 0 Å². The van der Waals surface area contributed by atoms with Crippen LogP contribution in [-0.4, -0.2) is 25.4 Å².